The van der Waals surface area contributed by atoms with Gasteiger partial charge in [0.2, 0.25) is 5.88 Å². The summed E-state index contributed by atoms with van der Waals surface area (Å²) in [6.45, 7) is 1.98. The van der Waals surface area contributed by atoms with Crippen molar-refractivity contribution in [3.63, 3.8) is 0 Å². The molecule has 0 saturated heterocycles. The van der Waals surface area contributed by atoms with Crippen molar-refractivity contribution in [2.45, 2.75) is 31.8 Å². The van der Waals surface area contributed by atoms with E-state index in [0.29, 0.717) is 12.3 Å². The standard InChI is InChI=1S/C11H15NO2/c1-3-11(13)7-6-8-4-5-9(14-2)12-10(8)11/h4-5,13H,3,6-7H2,1-2H3/t11-/m1/s1. The molecule has 3 nitrogen and oxygen atoms in total. The highest BCUT2D eigenvalue weighted by molar-refractivity contribution is 5.34. The Morgan fingerprint density at radius 2 is 2.36 bits per heavy atom. The van der Waals surface area contributed by atoms with E-state index < -0.39 is 5.60 Å². The minimum Gasteiger partial charge on any atom is -0.481 e. The number of ether oxygens (including phenoxy) is 1. The predicted octanol–water partition coefficient (Wildman–Crippen LogP) is 1.63. The predicted molar refractivity (Wildman–Crippen MR) is 53.3 cm³/mol. The van der Waals surface area contributed by atoms with Gasteiger partial charge in [0, 0.05) is 6.07 Å². The minimum absolute atomic E-state index is 0.581. The smallest absolute Gasteiger partial charge is 0.213 e. The number of aliphatic hydroxyl groups is 1. The Balaban J connectivity index is 2.47. The lowest BCUT2D eigenvalue weighted by Crippen LogP contribution is -2.22. The Morgan fingerprint density at radius 1 is 1.57 bits per heavy atom. The van der Waals surface area contributed by atoms with E-state index >= 15 is 0 Å². The van der Waals surface area contributed by atoms with E-state index in [4.69, 9.17) is 4.74 Å². The summed E-state index contributed by atoms with van der Waals surface area (Å²) >= 11 is 0. The molecule has 14 heavy (non-hydrogen) atoms. The van der Waals surface area contributed by atoms with E-state index in [1.165, 1.54) is 0 Å². The Hall–Kier alpha value is -1.09. The van der Waals surface area contributed by atoms with Crippen molar-refractivity contribution < 1.29 is 9.84 Å². The van der Waals surface area contributed by atoms with Crippen molar-refractivity contribution in [1.82, 2.24) is 4.98 Å². The summed E-state index contributed by atoms with van der Waals surface area (Å²) in [7, 11) is 1.59. The van der Waals surface area contributed by atoms with E-state index in [0.717, 1.165) is 24.1 Å². The maximum absolute atomic E-state index is 10.3. The summed E-state index contributed by atoms with van der Waals surface area (Å²) in [6.07, 6.45) is 2.40. The molecule has 1 N–H and O–H groups in total. The van der Waals surface area contributed by atoms with Crippen molar-refractivity contribution in [1.29, 1.82) is 0 Å². The molecule has 1 aliphatic rings. The van der Waals surface area contributed by atoms with Crippen molar-refractivity contribution >= 4 is 0 Å². The van der Waals surface area contributed by atoms with Gasteiger partial charge in [0.1, 0.15) is 5.60 Å². The summed E-state index contributed by atoms with van der Waals surface area (Å²) in [5, 5.41) is 10.3. The zero-order valence-corrected chi connectivity index (χ0v) is 8.58. The van der Waals surface area contributed by atoms with Gasteiger partial charge in [-0.05, 0) is 24.8 Å². The molecule has 1 aliphatic carbocycles. The van der Waals surface area contributed by atoms with Crippen LogP contribution >= 0.6 is 0 Å². The molecule has 76 valence electrons. The Kier molecular flexibility index (Phi) is 2.19. The first-order chi connectivity index (χ1) is 6.69. The van der Waals surface area contributed by atoms with E-state index in [1.807, 2.05) is 19.1 Å². The second-order valence-corrected chi connectivity index (χ2v) is 3.75. The Bertz CT molecular complexity index is 351. The molecule has 0 unspecified atom stereocenters. The van der Waals surface area contributed by atoms with E-state index in [-0.39, 0.29) is 0 Å². The molecule has 1 atom stereocenters. The number of nitrogens with zero attached hydrogens (tertiary/aromatic N) is 1. The summed E-state index contributed by atoms with van der Waals surface area (Å²) in [5.41, 5.74) is 1.22. The highest BCUT2D eigenvalue weighted by Gasteiger charge is 2.36. The van der Waals surface area contributed by atoms with Gasteiger partial charge in [-0.2, -0.15) is 0 Å². The number of fused-ring (bicyclic) bond motifs is 1. The van der Waals surface area contributed by atoms with Crippen LogP contribution in [0.3, 0.4) is 0 Å². The molecule has 0 fully saturated rings. The molecule has 0 aromatic carbocycles. The van der Waals surface area contributed by atoms with Gasteiger partial charge < -0.3 is 9.84 Å². The molecule has 0 spiro atoms. The highest BCUT2D eigenvalue weighted by Crippen LogP contribution is 2.38. The Morgan fingerprint density at radius 3 is 3.00 bits per heavy atom. The average molecular weight is 193 g/mol. The van der Waals surface area contributed by atoms with Gasteiger partial charge in [-0.1, -0.05) is 13.0 Å². The van der Waals surface area contributed by atoms with Crippen LogP contribution in [0.2, 0.25) is 0 Å². The van der Waals surface area contributed by atoms with Crippen LogP contribution in [0.5, 0.6) is 5.88 Å². The zero-order chi connectivity index (χ0) is 10.2. The third kappa shape index (κ3) is 1.28. The molecule has 1 aromatic rings. The van der Waals surface area contributed by atoms with Crippen LogP contribution in [0.25, 0.3) is 0 Å². The number of hydrogen-bond donors (Lipinski definition) is 1. The minimum atomic E-state index is -0.732. The molecule has 3 heteroatoms. The van der Waals surface area contributed by atoms with Crippen LogP contribution < -0.4 is 4.74 Å². The van der Waals surface area contributed by atoms with Crippen LogP contribution in [0.4, 0.5) is 0 Å². The lowest BCUT2D eigenvalue weighted by molar-refractivity contribution is 0.0302. The molecule has 1 heterocycles. The maximum atomic E-state index is 10.3. The van der Waals surface area contributed by atoms with Crippen LogP contribution in [-0.2, 0) is 12.0 Å². The largest absolute Gasteiger partial charge is 0.481 e. The monoisotopic (exact) mass is 193 g/mol. The van der Waals surface area contributed by atoms with Crippen molar-refractivity contribution in [2.24, 2.45) is 0 Å². The van der Waals surface area contributed by atoms with Gasteiger partial charge >= 0.3 is 0 Å². The van der Waals surface area contributed by atoms with Crippen LogP contribution in [0.15, 0.2) is 12.1 Å². The number of hydrogen-bond acceptors (Lipinski definition) is 3. The van der Waals surface area contributed by atoms with Gasteiger partial charge in [0.05, 0.1) is 12.8 Å². The molecule has 1 aromatic heterocycles. The van der Waals surface area contributed by atoms with Crippen molar-refractivity contribution in [3.8, 4) is 5.88 Å². The van der Waals surface area contributed by atoms with Crippen molar-refractivity contribution in [3.05, 3.63) is 23.4 Å². The number of pyridine rings is 1. The normalized spacial score (nSPS) is 24.8. The van der Waals surface area contributed by atoms with Crippen LogP contribution in [0, 0.1) is 0 Å². The van der Waals surface area contributed by atoms with E-state index in [9.17, 15) is 5.11 Å². The summed E-state index contributed by atoms with van der Waals surface area (Å²) in [4.78, 5) is 4.32. The molecule has 0 saturated carbocycles. The quantitative estimate of drug-likeness (QED) is 0.776. The van der Waals surface area contributed by atoms with Gasteiger partial charge in [0.25, 0.3) is 0 Å². The SMILES string of the molecule is CC[C@@]1(O)CCc2ccc(OC)nc21. The maximum Gasteiger partial charge on any atom is 0.213 e. The van der Waals surface area contributed by atoms with Gasteiger partial charge in [0.15, 0.2) is 0 Å². The Labute approximate surface area is 83.7 Å². The van der Waals surface area contributed by atoms with Gasteiger partial charge in [-0.25, -0.2) is 4.98 Å². The molecule has 0 aliphatic heterocycles. The van der Waals surface area contributed by atoms with Gasteiger partial charge in [-0.3, -0.25) is 0 Å². The van der Waals surface area contributed by atoms with Gasteiger partial charge in [-0.15, -0.1) is 0 Å². The van der Waals surface area contributed by atoms with Crippen molar-refractivity contribution in [2.75, 3.05) is 7.11 Å². The number of methoxy groups -OCH3 is 1. The third-order valence-corrected chi connectivity index (χ3v) is 3.00. The molecular weight excluding hydrogens is 178 g/mol. The lowest BCUT2D eigenvalue weighted by atomic mass is 9.98. The second-order valence-electron chi connectivity index (χ2n) is 3.75. The fourth-order valence-corrected chi connectivity index (χ4v) is 1.99. The second kappa shape index (κ2) is 3.24. The summed E-state index contributed by atoms with van der Waals surface area (Å²) in [5.74, 6) is 0.581. The third-order valence-electron chi connectivity index (χ3n) is 3.00. The van der Waals surface area contributed by atoms with E-state index in [2.05, 4.69) is 4.98 Å². The van der Waals surface area contributed by atoms with E-state index in [1.54, 1.807) is 7.11 Å². The fourth-order valence-electron chi connectivity index (χ4n) is 1.99. The highest BCUT2D eigenvalue weighted by atomic mass is 16.5. The van der Waals surface area contributed by atoms with Crippen LogP contribution in [-0.4, -0.2) is 17.2 Å². The molecule has 0 bridgehead atoms. The summed E-state index contributed by atoms with van der Waals surface area (Å²) < 4.78 is 5.06. The molecule has 0 radical (unpaired) electrons. The molecular formula is C11H15NO2. The number of aryl methyl sites for hydroxylation is 1. The summed E-state index contributed by atoms with van der Waals surface area (Å²) in [6, 6.07) is 3.84. The lowest BCUT2D eigenvalue weighted by Gasteiger charge is -2.20. The first-order valence-electron chi connectivity index (χ1n) is 4.96. The topological polar surface area (TPSA) is 42.4 Å². The number of rotatable bonds is 2. The zero-order valence-electron chi connectivity index (χ0n) is 8.58. The number of aromatic nitrogens is 1. The molecule has 2 rings (SSSR count). The first-order valence-corrected chi connectivity index (χ1v) is 4.96. The fraction of sp³-hybridized carbons (Fsp3) is 0.545. The average Bonchev–Trinajstić information content (AvgIpc) is 2.57. The van der Waals surface area contributed by atoms with Crippen LogP contribution in [0.1, 0.15) is 31.0 Å². The molecule has 0 amide bonds. The first kappa shape index (κ1) is 9.46.